The van der Waals surface area contributed by atoms with Gasteiger partial charge in [0.05, 0.1) is 6.61 Å². The molecule has 1 atom stereocenters. The molecule has 0 rings (SSSR count). The second-order valence-electron chi connectivity index (χ2n) is 20.3. The van der Waals surface area contributed by atoms with E-state index < -0.39 is 6.10 Å². The molecule has 0 aromatic carbocycles. The highest BCUT2D eigenvalue weighted by Gasteiger charge is 2.17. The molecule has 0 aliphatic rings. The van der Waals surface area contributed by atoms with E-state index in [9.17, 15) is 9.59 Å². The van der Waals surface area contributed by atoms with Crippen LogP contribution in [0.5, 0.6) is 0 Å². The monoisotopic (exact) mass is 953 g/mol. The minimum atomic E-state index is -0.544. The van der Waals surface area contributed by atoms with Crippen molar-refractivity contribution in [2.24, 2.45) is 0 Å². The maximum absolute atomic E-state index is 12.8. The summed E-state index contributed by atoms with van der Waals surface area (Å²) < 4.78 is 17.5. The Balaban J connectivity index is 4.23. The van der Waals surface area contributed by atoms with E-state index in [1.807, 2.05) is 0 Å². The molecule has 0 aromatic rings. The van der Waals surface area contributed by atoms with Crippen LogP contribution in [0.1, 0.15) is 316 Å². The van der Waals surface area contributed by atoms with Gasteiger partial charge in [-0.3, -0.25) is 9.59 Å². The summed E-state index contributed by atoms with van der Waals surface area (Å²) in [5.74, 6) is -0.406. The summed E-state index contributed by atoms with van der Waals surface area (Å²) in [6, 6.07) is 0. The Labute approximate surface area is 424 Å². The number of hydrogen-bond donors (Lipinski definition) is 0. The maximum Gasteiger partial charge on any atom is 0.306 e. The molecule has 0 fully saturated rings. The lowest BCUT2D eigenvalue weighted by Crippen LogP contribution is -2.30. The highest BCUT2D eigenvalue weighted by atomic mass is 16.6. The molecule has 398 valence electrons. The largest absolute Gasteiger partial charge is 0.462 e. The average molecular weight is 954 g/mol. The third-order valence-corrected chi connectivity index (χ3v) is 13.3. The number of allylic oxidation sites excluding steroid dienone is 8. The van der Waals surface area contributed by atoms with E-state index in [1.165, 1.54) is 212 Å². The molecule has 0 amide bonds. The quantitative estimate of drug-likeness (QED) is 0.0345. The molecule has 5 nitrogen and oxygen atoms in total. The van der Waals surface area contributed by atoms with Crippen molar-refractivity contribution in [2.45, 2.75) is 322 Å². The highest BCUT2D eigenvalue weighted by Crippen LogP contribution is 2.16. The Morgan fingerprint density at radius 2 is 0.618 bits per heavy atom. The van der Waals surface area contributed by atoms with Crippen LogP contribution in [-0.2, 0) is 23.8 Å². The number of carbonyl (C=O) groups is 2. The number of unbranched alkanes of at least 4 members (excludes halogenated alkanes) is 37. The highest BCUT2D eigenvalue weighted by molar-refractivity contribution is 5.70. The first kappa shape index (κ1) is 65.9. The topological polar surface area (TPSA) is 61.8 Å². The van der Waals surface area contributed by atoms with Crippen molar-refractivity contribution >= 4 is 11.9 Å². The summed E-state index contributed by atoms with van der Waals surface area (Å²) in [4.78, 5) is 25.5. The van der Waals surface area contributed by atoms with E-state index in [-0.39, 0.29) is 25.2 Å². The van der Waals surface area contributed by atoms with Crippen molar-refractivity contribution < 1.29 is 23.8 Å². The van der Waals surface area contributed by atoms with E-state index in [0.29, 0.717) is 19.4 Å². The maximum atomic E-state index is 12.8. The lowest BCUT2D eigenvalue weighted by atomic mass is 10.0. The standard InChI is InChI=1S/C63H116O5/c1-4-7-10-13-16-19-22-25-27-29-31-33-35-37-40-43-46-49-52-55-58-66-59-61(68-63(65)57-54-51-48-45-42-38-24-21-18-15-12-9-6-3)60-67-62(64)56-53-50-47-44-41-39-36-34-32-30-28-26-23-20-17-14-11-8-5-2/h17,20-21,24,26,28,32,34,61H,4-16,18-19,22-23,25,27,29-31,33,35-60H2,1-3H3/b20-17-,24-21-,28-26-,34-32-. The van der Waals surface area contributed by atoms with Gasteiger partial charge in [-0.15, -0.1) is 0 Å². The predicted molar refractivity (Wildman–Crippen MR) is 298 cm³/mol. The Hall–Kier alpha value is -2.14. The molecule has 0 aliphatic carbocycles. The number of esters is 2. The fourth-order valence-electron chi connectivity index (χ4n) is 8.81. The van der Waals surface area contributed by atoms with Crippen LogP contribution in [0.25, 0.3) is 0 Å². The molecular weight excluding hydrogens is 837 g/mol. The Bertz CT molecular complexity index is 1120. The molecule has 0 spiro atoms. The molecule has 0 saturated heterocycles. The van der Waals surface area contributed by atoms with Crippen LogP contribution in [0.3, 0.4) is 0 Å². The number of carbonyl (C=O) groups excluding carboxylic acids is 2. The van der Waals surface area contributed by atoms with E-state index in [2.05, 4.69) is 69.4 Å². The van der Waals surface area contributed by atoms with Crippen LogP contribution in [-0.4, -0.2) is 37.9 Å². The fraction of sp³-hybridized carbons (Fsp3) is 0.841. The molecule has 68 heavy (non-hydrogen) atoms. The average Bonchev–Trinajstić information content (AvgIpc) is 3.34. The lowest BCUT2D eigenvalue weighted by molar-refractivity contribution is -0.163. The normalized spacial score (nSPS) is 12.5. The molecule has 0 radical (unpaired) electrons. The van der Waals surface area contributed by atoms with Gasteiger partial charge < -0.3 is 14.2 Å². The summed E-state index contributed by atoms with van der Waals surface area (Å²) in [5.41, 5.74) is 0. The van der Waals surface area contributed by atoms with Crippen LogP contribution in [0.15, 0.2) is 48.6 Å². The Kier molecular flexibility index (Phi) is 57.3. The molecule has 0 aromatic heterocycles. The van der Waals surface area contributed by atoms with Gasteiger partial charge in [0, 0.05) is 19.4 Å². The molecule has 0 bridgehead atoms. The zero-order valence-electron chi connectivity index (χ0n) is 45.9. The number of ether oxygens (including phenoxy) is 3. The zero-order chi connectivity index (χ0) is 49.2. The zero-order valence-corrected chi connectivity index (χ0v) is 45.9. The first-order chi connectivity index (χ1) is 33.6. The number of hydrogen-bond acceptors (Lipinski definition) is 5. The van der Waals surface area contributed by atoms with Crippen molar-refractivity contribution in [3.05, 3.63) is 48.6 Å². The third kappa shape index (κ3) is 56.4. The molecule has 0 N–H and O–H groups in total. The summed E-state index contributed by atoms with van der Waals surface area (Å²) in [5, 5.41) is 0. The van der Waals surface area contributed by atoms with Gasteiger partial charge in [-0.05, 0) is 83.5 Å². The van der Waals surface area contributed by atoms with Gasteiger partial charge in [0.25, 0.3) is 0 Å². The summed E-state index contributed by atoms with van der Waals surface area (Å²) in [6.45, 7) is 7.82. The molecule has 0 saturated carbocycles. The van der Waals surface area contributed by atoms with Crippen molar-refractivity contribution in [1.29, 1.82) is 0 Å². The van der Waals surface area contributed by atoms with Crippen molar-refractivity contribution in [3.63, 3.8) is 0 Å². The number of rotatable bonds is 56. The van der Waals surface area contributed by atoms with Crippen molar-refractivity contribution in [1.82, 2.24) is 0 Å². The van der Waals surface area contributed by atoms with E-state index in [4.69, 9.17) is 14.2 Å². The van der Waals surface area contributed by atoms with E-state index in [0.717, 1.165) is 70.6 Å². The van der Waals surface area contributed by atoms with Crippen LogP contribution in [0.2, 0.25) is 0 Å². The van der Waals surface area contributed by atoms with Crippen LogP contribution < -0.4 is 0 Å². The smallest absolute Gasteiger partial charge is 0.306 e. The summed E-state index contributed by atoms with van der Waals surface area (Å²) in [6.07, 6.45) is 74.2. The second kappa shape index (κ2) is 59.2. The minimum absolute atomic E-state index is 0.0788. The third-order valence-electron chi connectivity index (χ3n) is 13.3. The predicted octanol–water partition coefficient (Wildman–Crippen LogP) is 20.7. The van der Waals surface area contributed by atoms with Crippen LogP contribution in [0, 0.1) is 0 Å². The fourth-order valence-corrected chi connectivity index (χ4v) is 8.81. The molecule has 1 unspecified atom stereocenters. The van der Waals surface area contributed by atoms with E-state index >= 15 is 0 Å². The molecule has 0 aliphatic heterocycles. The Morgan fingerprint density at radius 3 is 1.04 bits per heavy atom. The van der Waals surface area contributed by atoms with Crippen molar-refractivity contribution in [2.75, 3.05) is 19.8 Å². The van der Waals surface area contributed by atoms with E-state index in [1.54, 1.807) is 0 Å². The minimum Gasteiger partial charge on any atom is -0.462 e. The second-order valence-corrected chi connectivity index (χ2v) is 20.3. The first-order valence-electron chi connectivity index (χ1n) is 30.2. The molecule has 0 heterocycles. The van der Waals surface area contributed by atoms with Crippen LogP contribution in [0.4, 0.5) is 0 Å². The lowest BCUT2D eigenvalue weighted by Gasteiger charge is -2.18. The van der Waals surface area contributed by atoms with Gasteiger partial charge in [-0.25, -0.2) is 0 Å². The van der Waals surface area contributed by atoms with Gasteiger partial charge in [0.15, 0.2) is 6.10 Å². The Morgan fingerprint density at radius 1 is 0.324 bits per heavy atom. The van der Waals surface area contributed by atoms with Crippen molar-refractivity contribution in [3.8, 4) is 0 Å². The summed E-state index contributed by atoms with van der Waals surface area (Å²) >= 11 is 0. The van der Waals surface area contributed by atoms with Crippen LogP contribution >= 0.6 is 0 Å². The first-order valence-corrected chi connectivity index (χ1v) is 30.2. The van der Waals surface area contributed by atoms with Gasteiger partial charge >= 0.3 is 11.9 Å². The van der Waals surface area contributed by atoms with Gasteiger partial charge in [0.1, 0.15) is 6.61 Å². The van der Waals surface area contributed by atoms with Gasteiger partial charge in [-0.1, -0.05) is 268 Å². The van der Waals surface area contributed by atoms with Gasteiger partial charge in [0.2, 0.25) is 0 Å². The molecular formula is C63H116O5. The summed E-state index contributed by atoms with van der Waals surface area (Å²) in [7, 11) is 0. The van der Waals surface area contributed by atoms with Gasteiger partial charge in [-0.2, -0.15) is 0 Å². The SMILES string of the molecule is CCCCC/C=C\C/C=C\C/C=C\CCCCCCCCC(=O)OCC(COCCCCCCCCCCCCCCCCCCCCCC)OC(=O)CCCCCCC/C=C\CCCCCC. The molecule has 5 heteroatoms.